The molecule has 1 heterocycles. The molecule has 3 N–H and O–H groups in total. The second kappa shape index (κ2) is 7.47. The van der Waals surface area contributed by atoms with E-state index in [4.69, 9.17) is 4.74 Å². The fraction of sp³-hybridized carbons (Fsp3) is 0.435. The van der Waals surface area contributed by atoms with Crippen LogP contribution in [0.3, 0.4) is 0 Å². The number of rotatable bonds is 6. The van der Waals surface area contributed by atoms with Gasteiger partial charge in [0.2, 0.25) is 0 Å². The van der Waals surface area contributed by atoms with Crippen LogP contribution in [0.15, 0.2) is 42.5 Å². The van der Waals surface area contributed by atoms with Crippen LogP contribution in [-0.2, 0) is 13.0 Å². The number of carbonyl (C=O) groups excluding carboxylic acids is 1. The molecule has 5 nitrogen and oxygen atoms in total. The smallest absolute Gasteiger partial charge is 0.319 e. The van der Waals surface area contributed by atoms with E-state index < -0.39 is 0 Å². The van der Waals surface area contributed by atoms with E-state index in [0.29, 0.717) is 6.04 Å². The number of hydrogen-bond acceptors (Lipinski definition) is 3. The Bertz CT molecular complexity index is 857. The van der Waals surface area contributed by atoms with Gasteiger partial charge >= 0.3 is 6.03 Å². The molecule has 0 spiro atoms. The van der Waals surface area contributed by atoms with E-state index in [1.165, 1.54) is 16.7 Å². The molecule has 2 amide bonds. The van der Waals surface area contributed by atoms with Crippen LogP contribution in [0.1, 0.15) is 56.3 Å². The highest BCUT2D eigenvalue weighted by Gasteiger charge is 2.29. The van der Waals surface area contributed by atoms with Crippen molar-refractivity contribution in [1.82, 2.24) is 10.6 Å². The number of anilines is 1. The fourth-order valence-corrected chi connectivity index (χ4v) is 3.60. The standard InChI is InChI=1S/C23H29N3O2/c1-15(17-5-7-19(8-6-17)25-22(27)26-20-9-10-20)24-14-16-4-11-21-18(12-16)13-23(2,3)28-21/h4-8,11-12,15,20,24H,9-10,13-14H2,1-3H3,(H2,25,26,27). The molecule has 1 fully saturated rings. The molecule has 1 saturated carbocycles. The Morgan fingerprint density at radius 2 is 1.93 bits per heavy atom. The topological polar surface area (TPSA) is 62.4 Å². The van der Waals surface area contributed by atoms with Crippen molar-refractivity contribution in [2.24, 2.45) is 0 Å². The van der Waals surface area contributed by atoms with Crippen molar-refractivity contribution in [2.45, 2.75) is 64.3 Å². The third-order valence-electron chi connectivity index (χ3n) is 5.32. The summed E-state index contributed by atoms with van der Waals surface area (Å²) in [5.74, 6) is 1.01. The van der Waals surface area contributed by atoms with Gasteiger partial charge in [0.25, 0.3) is 0 Å². The van der Waals surface area contributed by atoms with Crippen LogP contribution in [0.5, 0.6) is 5.75 Å². The van der Waals surface area contributed by atoms with Crippen molar-refractivity contribution < 1.29 is 9.53 Å². The van der Waals surface area contributed by atoms with E-state index in [9.17, 15) is 4.79 Å². The van der Waals surface area contributed by atoms with Crippen LogP contribution < -0.4 is 20.7 Å². The monoisotopic (exact) mass is 379 g/mol. The zero-order valence-electron chi connectivity index (χ0n) is 16.8. The normalized spacial score (nSPS) is 18.1. The second-order valence-electron chi connectivity index (χ2n) is 8.58. The maximum Gasteiger partial charge on any atom is 0.319 e. The van der Waals surface area contributed by atoms with Gasteiger partial charge in [0.05, 0.1) is 0 Å². The highest BCUT2D eigenvalue weighted by molar-refractivity contribution is 5.89. The zero-order valence-corrected chi connectivity index (χ0v) is 16.8. The molecule has 0 radical (unpaired) electrons. The first kappa shape index (κ1) is 18.8. The number of nitrogens with one attached hydrogen (secondary N) is 3. The van der Waals surface area contributed by atoms with Gasteiger partial charge in [-0.25, -0.2) is 4.79 Å². The van der Waals surface area contributed by atoms with E-state index in [2.05, 4.69) is 67.1 Å². The van der Waals surface area contributed by atoms with Gasteiger partial charge in [-0.1, -0.05) is 24.3 Å². The molecular formula is C23H29N3O2. The Hall–Kier alpha value is -2.53. The molecule has 4 rings (SSSR count). The predicted octanol–water partition coefficient (Wildman–Crippen LogP) is 4.53. The molecule has 1 atom stereocenters. The molecule has 1 aliphatic heterocycles. The van der Waals surface area contributed by atoms with Crippen LogP contribution in [0.25, 0.3) is 0 Å². The number of fused-ring (bicyclic) bond motifs is 1. The summed E-state index contributed by atoms with van der Waals surface area (Å²) in [7, 11) is 0. The first-order valence-electron chi connectivity index (χ1n) is 10.1. The highest BCUT2D eigenvalue weighted by Crippen LogP contribution is 2.35. The van der Waals surface area contributed by atoms with Crippen molar-refractivity contribution >= 4 is 11.7 Å². The summed E-state index contributed by atoms with van der Waals surface area (Å²) in [6.07, 6.45) is 3.13. The molecule has 5 heteroatoms. The van der Waals surface area contributed by atoms with E-state index in [0.717, 1.165) is 37.2 Å². The molecule has 0 bridgehead atoms. The molecule has 148 valence electrons. The third-order valence-corrected chi connectivity index (χ3v) is 5.32. The van der Waals surface area contributed by atoms with E-state index >= 15 is 0 Å². The molecular weight excluding hydrogens is 350 g/mol. The maximum atomic E-state index is 11.8. The lowest BCUT2D eigenvalue weighted by Gasteiger charge is -2.16. The first-order chi connectivity index (χ1) is 13.4. The number of benzene rings is 2. The summed E-state index contributed by atoms with van der Waals surface area (Å²) in [6.45, 7) is 7.21. The summed E-state index contributed by atoms with van der Waals surface area (Å²) in [4.78, 5) is 11.8. The molecule has 0 saturated heterocycles. The van der Waals surface area contributed by atoms with Crippen molar-refractivity contribution in [1.29, 1.82) is 0 Å². The highest BCUT2D eigenvalue weighted by atomic mass is 16.5. The predicted molar refractivity (Wildman–Crippen MR) is 112 cm³/mol. The Labute approximate surface area is 166 Å². The van der Waals surface area contributed by atoms with E-state index in [1.807, 2.05) is 12.1 Å². The largest absolute Gasteiger partial charge is 0.487 e. The number of carbonyl (C=O) groups is 1. The SMILES string of the molecule is CC(NCc1ccc2c(c1)CC(C)(C)O2)c1ccc(NC(=O)NC2CC2)cc1. The van der Waals surface area contributed by atoms with Crippen LogP contribution in [0.4, 0.5) is 10.5 Å². The quantitative estimate of drug-likeness (QED) is 0.691. The lowest BCUT2D eigenvalue weighted by atomic mass is 10.00. The molecule has 0 aromatic heterocycles. The number of amides is 2. The van der Waals surface area contributed by atoms with E-state index in [-0.39, 0.29) is 17.7 Å². The van der Waals surface area contributed by atoms with Crippen molar-refractivity contribution in [3.8, 4) is 5.75 Å². The summed E-state index contributed by atoms with van der Waals surface area (Å²) < 4.78 is 5.95. The first-order valence-corrected chi connectivity index (χ1v) is 10.1. The van der Waals surface area contributed by atoms with Gasteiger partial charge in [-0.05, 0) is 68.5 Å². The molecule has 2 aliphatic rings. The Morgan fingerprint density at radius 1 is 1.18 bits per heavy atom. The van der Waals surface area contributed by atoms with Crippen LogP contribution in [0.2, 0.25) is 0 Å². The van der Waals surface area contributed by atoms with Gasteiger partial charge in [-0.3, -0.25) is 0 Å². The molecule has 2 aromatic rings. The van der Waals surface area contributed by atoms with Crippen LogP contribution >= 0.6 is 0 Å². The Balaban J connectivity index is 1.30. The summed E-state index contributed by atoms with van der Waals surface area (Å²) in [5, 5.41) is 9.40. The Morgan fingerprint density at radius 3 is 2.64 bits per heavy atom. The second-order valence-corrected chi connectivity index (χ2v) is 8.58. The van der Waals surface area contributed by atoms with Gasteiger partial charge in [-0.15, -0.1) is 0 Å². The van der Waals surface area contributed by atoms with Gasteiger partial charge in [0.1, 0.15) is 11.4 Å². The van der Waals surface area contributed by atoms with Crippen LogP contribution in [0, 0.1) is 0 Å². The van der Waals surface area contributed by atoms with Gasteiger partial charge < -0.3 is 20.7 Å². The maximum absolute atomic E-state index is 11.8. The summed E-state index contributed by atoms with van der Waals surface area (Å²) in [5.41, 5.74) is 4.46. The number of ether oxygens (including phenoxy) is 1. The minimum atomic E-state index is -0.120. The minimum Gasteiger partial charge on any atom is -0.487 e. The minimum absolute atomic E-state index is 0.104. The average molecular weight is 380 g/mol. The lowest BCUT2D eigenvalue weighted by molar-refractivity contribution is 0.138. The number of urea groups is 1. The summed E-state index contributed by atoms with van der Waals surface area (Å²) >= 11 is 0. The van der Waals surface area contributed by atoms with Crippen molar-refractivity contribution in [3.05, 3.63) is 59.2 Å². The lowest BCUT2D eigenvalue weighted by Crippen LogP contribution is -2.30. The molecule has 1 aliphatic carbocycles. The number of hydrogen-bond donors (Lipinski definition) is 3. The summed E-state index contributed by atoms with van der Waals surface area (Å²) in [6, 6.07) is 14.9. The zero-order chi connectivity index (χ0) is 19.7. The van der Waals surface area contributed by atoms with Crippen LogP contribution in [-0.4, -0.2) is 17.7 Å². The van der Waals surface area contributed by atoms with E-state index in [1.54, 1.807) is 0 Å². The molecule has 2 aromatic carbocycles. The average Bonchev–Trinajstić information content (AvgIpc) is 3.39. The third kappa shape index (κ3) is 4.65. The van der Waals surface area contributed by atoms with Gasteiger partial charge in [0, 0.05) is 30.7 Å². The van der Waals surface area contributed by atoms with Gasteiger partial charge in [0.15, 0.2) is 0 Å². The van der Waals surface area contributed by atoms with Crippen molar-refractivity contribution in [2.75, 3.05) is 5.32 Å². The van der Waals surface area contributed by atoms with Gasteiger partial charge in [-0.2, -0.15) is 0 Å². The van der Waals surface area contributed by atoms with Crippen molar-refractivity contribution in [3.63, 3.8) is 0 Å². The molecule has 28 heavy (non-hydrogen) atoms. The molecule has 1 unspecified atom stereocenters. The fourth-order valence-electron chi connectivity index (χ4n) is 3.60. The Kier molecular flexibility index (Phi) is 5.02.